The second-order valence-electron chi connectivity index (χ2n) is 27.9. The number of ether oxygens (including phenoxy) is 6. The zero-order chi connectivity index (χ0) is 78.5. The molecule has 2 fully saturated rings. The number of carbonyl (C=O) groups is 7. The van der Waals surface area contributed by atoms with E-state index in [2.05, 4.69) is 42.0 Å². The zero-order valence-electron chi connectivity index (χ0n) is 59.7. The second kappa shape index (κ2) is 37.2. The summed E-state index contributed by atoms with van der Waals surface area (Å²) in [5, 5.41) is 113. The molecule has 32 heteroatoms. The van der Waals surface area contributed by atoms with Crippen molar-refractivity contribution in [2.75, 3.05) is 20.8 Å². The number of aliphatic hydroxyl groups excluding tert-OH is 6. The minimum absolute atomic E-state index is 0.0201. The van der Waals surface area contributed by atoms with E-state index in [1.165, 1.54) is 86.8 Å². The molecule has 5 heterocycles. The van der Waals surface area contributed by atoms with Gasteiger partial charge in [-0.15, -0.1) is 0 Å². The summed E-state index contributed by atoms with van der Waals surface area (Å²) in [5.74, 6) is -14.4. The highest BCUT2D eigenvalue weighted by Crippen LogP contribution is 2.49. The summed E-state index contributed by atoms with van der Waals surface area (Å²) in [4.78, 5) is 120. The van der Waals surface area contributed by atoms with Crippen molar-refractivity contribution in [3.8, 4) is 51.4 Å². The van der Waals surface area contributed by atoms with E-state index in [0.717, 1.165) is 25.2 Å². The molecule has 2 saturated heterocycles. The van der Waals surface area contributed by atoms with Crippen molar-refractivity contribution in [3.05, 3.63) is 123 Å². The van der Waals surface area contributed by atoms with E-state index < -0.39 is 211 Å². The quantitative estimate of drug-likeness (QED) is 0.0509. The number of amides is 4. The van der Waals surface area contributed by atoms with Gasteiger partial charge in [0.1, 0.15) is 65.3 Å². The van der Waals surface area contributed by atoms with Gasteiger partial charge in [0.05, 0.1) is 54.9 Å². The van der Waals surface area contributed by atoms with Crippen LogP contribution in [0.2, 0.25) is 10.0 Å². The van der Waals surface area contributed by atoms with Gasteiger partial charge in [0, 0.05) is 72.3 Å². The van der Waals surface area contributed by atoms with Crippen LogP contribution in [0.3, 0.4) is 0 Å². The Morgan fingerprint density at radius 3 is 2.11 bits per heavy atom. The van der Waals surface area contributed by atoms with Crippen molar-refractivity contribution in [1.82, 2.24) is 21.3 Å². The lowest BCUT2D eigenvalue weighted by Gasteiger charge is -2.47. The number of likely N-dealkylation sites (N-methyl/N-ethyl adjacent to an activating group) is 1. The van der Waals surface area contributed by atoms with Crippen molar-refractivity contribution in [2.45, 2.75) is 185 Å². The van der Waals surface area contributed by atoms with Crippen LogP contribution in [0.25, 0.3) is 11.1 Å². The maximum absolute atomic E-state index is 16.0. The van der Waals surface area contributed by atoms with Gasteiger partial charge in [-0.05, 0) is 122 Å². The van der Waals surface area contributed by atoms with Crippen LogP contribution in [0.4, 0.5) is 0 Å². The molecule has 106 heavy (non-hydrogen) atoms. The summed E-state index contributed by atoms with van der Waals surface area (Å²) in [6, 6.07) is 13.1. The fourth-order valence-corrected chi connectivity index (χ4v) is 13.3. The predicted octanol–water partition coefficient (Wildman–Crippen LogP) is 4.53. The maximum Gasteiger partial charge on any atom is 0.373 e. The molecular weight excluding hydrogens is 1430 g/mol. The van der Waals surface area contributed by atoms with Crippen molar-refractivity contribution in [1.29, 1.82) is 0 Å². The number of hydrogen-bond donors (Lipinski definition) is 15. The molecule has 5 aromatic carbocycles. The monoisotopic (exact) mass is 1520 g/mol. The van der Waals surface area contributed by atoms with Crippen LogP contribution in [0.15, 0.2) is 84.9 Å². The molecule has 17 N–H and O–H groups in total. The first-order chi connectivity index (χ1) is 49.9. The van der Waals surface area contributed by atoms with Gasteiger partial charge in [0.15, 0.2) is 35.5 Å². The van der Waals surface area contributed by atoms with Crippen LogP contribution in [-0.4, -0.2) is 181 Å². The number of ketones is 3. The molecule has 0 saturated carbocycles. The van der Waals surface area contributed by atoms with Gasteiger partial charge in [-0.3, -0.25) is 33.6 Å². The topological polar surface area (TPSA) is 491 Å². The number of nitrogens with two attached hydrogens (primary N) is 2. The Balaban J connectivity index is 0.00000215. The van der Waals surface area contributed by atoms with Gasteiger partial charge >= 0.3 is 6.15 Å². The molecule has 0 aliphatic carbocycles. The molecule has 5 aromatic rings. The number of hydrogen-bond acceptors (Lipinski definition) is 26. The van der Waals surface area contributed by atoms with Crippen molar-refractivity contribution >= 4 is 70.3 Å². The first-order valence-corrected chi connectivity index (χ1v) is 34.9. The number of fused-ring (bicyclic) bond motifs is 8. The van der Waals surface area contributed by atoms with Crippen LogP contribution in [0.5, 0.6) is 40.2 Å². The van der Waals surface area contributed by atoms with E-state index >= 15 is 14.4 Å². The van der Waals surface area contributed by atoms with E-state index in [0.29, 0.717) is 0 Å². The number of benzene rings is 5. The van der Waals surface area contributed by atoms with Crippen LogP contribution in [0, 0.1) is 23.7 Å². The number of phenols is 3. The highest BCUT2D eigenvalue weighted by molar-refractivity contribution is 6.32. The SMILES string of the molecule is CC(C)C.CN[C@H](CC(C)C)C(=O)N[C@@H](C(=O)C[C@@H](CC(N)=O)C(=O)N[C@H]1C(=O)C[C@@H]2C(=O)C[C@H](C(=O)NCc3cc(O)cc(O)c3-c3cc2ccc3O)[C@H](O)c2ccc(c(Cl)c2)Oc2cc1cc(OC)c2OC1OC(CO)C(O)[C@H](O)[C@@H]1OC1CC(C)(N)[C@H](O)[C@H](C)O1)[C@H](O)c1cccc(Cl)c1.O=C=O. The molecule has 0 aromatic heterocycles. The third-order valence-corrected chi connectivity index (χ3v) is 18.8. The van der Waals surface area contributed by atoms with Gasteiger partial charge in [0.2, 0.25) is 35.7 Å². The average Bonchev–Trinajstić information content (AvgIpc) is 0.774. The summed E-state index contributed by atoms with van der Waals surface area (Å²) in [6.45, 7) is 11.9. The van der Waals surface area contributed by atoms with Crippen molar-refractivity contribution in [3.63, 3.8) is 0 Å². The van der Waals surface area contributed by atoms with Crippen LogP contribution in [0.1, 0.15) is 139 Å². The Hall–Kier alpha value is -8.69. The smallest absolute Gasteiger partial charge is 0.373 e. The number of nitrogens with one attached hydrogen (secondary N) is 4. The Morgan fingerprint density at radius 1 is 0.821 bits per heavy atom. The molecule has 8 bridgehead atoms. The van der Waals surface area contributed by atoms with Gasteiger partial charge in [-0.25, -0.2) is 0 Å². The van der Waals surface area contributed by atoms with Crippen LogP contribution < -0.4 is 46.9 Å². The Labute approximate surface area is 620 Å². The third-order valence-electron chi connectivity index (χ3n) is 18.2. The number of carbonyl (C=O) groups excluding carboxylic acids is 9. The number of phenolic OH excluding ortho intramolecular Hbond substituents is 3. The molecule has 0 radical (unpaired) electrons. The number of rotatable bonds is 20. The number of primary amides is 1. The summed E-state index contributed by atoms with van der Waals surface area (Å²) < 4.78 is 37.4. The number of aromatic hydroxyl groups is 3. The molecule has 5 unspecified atom stereocenters. The highest BCUT2D eigenvalue weighted by Gasteiger charge is 2.51. The number of aliphatic hydroxyl groups is 6. The summed E-state index contributed by atoms with van der Waals surface area (Å²) in [6.07, 6.45) is -19.3. The molecule has 0 spiro atoms. The first kappa shape index (κ1) is 84.6. The van der Waals surface area contributed by atoms with Gasteiger partial charge in [-0.2, -0.15) is 9.59 Å². The summed E-state index contributed by atoms with van der Waals surface area (Å²) >= 11 is 13.4. The lowest BCUT2D eigenvalue weighted by atomic mass is 9.80. The summed E-state index contributed by atoms with van der Waals surface area (Å²) in [5.41, 5.74) is 10.5. The molecule has 5 aliphatic heterocycles. The third kappa shape index (κ3) is 20.9. The largest absolute Gasteiger partial charge is 0.508 e. The normalized spacial score (nSPS) is 25.5. The van der Waals surface area contributed by atoms with Gasteiger partial charge < -0.3 is 107 Å². The van der Waals surface area contributed by atoms with E-state index in [9.17, 15) is 65.1 Å². The highest BCUT2D eigenvalue weighted by atomic mass is 35.5. The Morgan fingerprint density at radius 2 is 1.50 bits per heavy atom. The molecule has 17 atom stereocenters. The number of methoxy groups -OCH3 is 1. The average molecular weight is 1520 g/mol. The van der Waals surface area contributed by atoms with Crippen LogP contribution in [-0.2, 0) is 63.9 Å². The standard InChI is InChI=1S/C69H82Cl2N6O22.C4H10.CO2/c1-29(2)14-43(74-5)67(93)77-57(59(87)32-8-7-9-37(70)15-32)47(83)19-35(22-53(72)85)65(91)76-56-34-20-50(94-6)62(99-68-63(61(89)60(88)52(28-78)97-68)98-54-26-69(4,73)64(90)30(3)95-54)51(21-34)96-49-13-11-33(18-42(49)71)58(86)41-25-45(81)39(24-48(56)84)31-10-12-44(80)40(17-31)55-36(27-75-66(41)92)16-38(79)23-46(55)82;1-4(2)3;2-1-3/h7-13,15-18,20-21,23,29-30,35,39,41,43,52,54,56-61,63-64,68,74,78-80,82,86-90H,14,19,22,24-28,73H2,1-6H3,(H2,72,85)(H,75,92)(H,76,91)(H,77,93);4H,1-3H3;/t30-,35-,39-,41-,43+,52?,54?,56+,57-,58+,59+,60?,61-,63-,64+,68?,69?;;/m0../s1. The van der Waals surface area contributed by atoms with E-state index in [4.69, 9.17) is 72.7 Å². The molecule has 576 valence electrons. The van der Waals surface area contributed by atoms with E-state index in [-0.39, 0.29) is 85.4 Å². The zero-order valence-corrected chi connectivity index (χ0v) is 61.2. The van der Waals surface area contributed by atoms with Crippen LogP contribution >= 0.6 is 23.2 Å². The van der Waals surface area contributed by atoms with E-state index in [1.54, 1.807) is 6.92 Å². The minimum Gasteiger partial charge on any atom is -0.508 e. The molecule has 4 amide bonds. The fraction of sp³-hybridized carbons (Fsp3) is 0.486. The fourth-order valence-electron chi connectivity index (χ4n) is 12.9. The van der Waals surface area contributed by atoms with Gasteiger partial charge in [0.25, 0.3) is 0 Å². The first-order valence-electron chi connectivity index (χ1n) is 34.1. The number of Topliss-reactive ketones (excluding diaryl/α,β-unsaturated/α-hetero) is 3. The lowest BCUT2D eigenvalue weighted by molar-refractivity contribution is -0.333. The molecule has 10 rings (SSSR count). The van der Waals surface area contributed by atoms with Crippen molar-refractivity contribution < 1.29 is 118 Å². The Kier molecular flexibility index (Phi) is 29.7. The van der Waals surface area contributed by atoms with Gasteiger partial charge in [-0.1, -0.05) is 82.1 Å². The Bertz CT molecular complexity index is 4020. The molecular formula is C74H92Cl2N6O24. The predicted molar refractivity (Wildman–Crippen MR) is 378 cm³/mol. The second-order valence-corrected chi connectivity index (χ2v) is 28.7. The number of halogens is 2. The van der Waals surface area contributed by atoms with Crippen molar-refractivity contribution in [2.24, 2.45) is 35.1 Å². The molecule has 5 aliphatic rings. The maximum atomic E-state index is 16.0. The van der Waals surface area contributed by atoms with E-state index in [1.807, 2.05) is 13.8 Å². The summed E-state index contributed by atoms with van der Waals surface area (Å²) in [7, 11) is 2.67. The molecule has 30 nitrogen and oxygen atoms in total. The lowest BCUT2D eigenvalue weighted by Crippen LogP contribution is -2.64. The minimum atomic E-state index is -2.06.